The molecule has 0 aliphatic carbocycles. The maximum Gasteiger partial charge on any atom is 0.305 e. The standard InChI is InChI=1S/C23H44O3/c1-3-5-7-14-18-22(24)19-15-12-10-8-9-11-13-16-20-23(25)26-21-17-6-4-2/h12,15,22,24H,3-11,13-14,16-21H2,1-2H3/t22-/m1/s1. The van der Waals surface area contributed by atoms with Crippen molar-refractivity contribution in [3.05, 3.63) is 12.2 Å². The van der Waals surface area contributed by atoms with Crippen LogP contribution < -0.4 is 0 Å². The van der Waals surface area contributed by atoms with E-state index in [2.05, 4.69) is 26.0 Å². The van der Waals surface area contributed by atoms with Crippen LogP contribution >= 0.6 is 0 Å². The number of hydrogen-bond acceptors (Lipinski definition) is 3. The molecule has 26 heavy (non-hydrogen) atoms. The van der Waals surface area contributed by atoms with E-state index >= 15 is 0 Å². The monoisotopic (exact) mass is 368 g/mol. The molecule has 0 bridgehead atoms. The molecule has 0 radical (unpaired) electrons. The number of aliphatic hydroxyl groups is 1. The van der Waals surface area contributed by atoms with Crippen LogP contribution in [0.15, 0.2) is 12.2 Å². The highest BCUT2D eigenvalue weighted by Crippen LogP contribution is 2.11. The van der Waals surface area contributed by atoms with Crippen LogP contribution in [0.25, 0.3) is 0 Å². The summed E-state index contributed by atoms with van der Waals surface area (Å²) < 4.78 is 5.20. The van der Waals surface area contributed by atoms with Gasteiger partial charge < -0.3 is 9.84 Å². The molecule has 1 N–H and O–H groups in total. The lowest BCUT2D eigenvalue weighted by molar-refractivity contribution is -0.143. The van der Waals surface area contributed by atoms with Gasteiger partial charge in [0.1, 0.15) is 0 Å². The van der Waals surface area contributed by atoms with Crippen molar-refractivity contribution < 1.29 is 14.6 Å². The predicted molar refractivity (Wildman–Crippen MR) is 111 cm³/mol. The number of rotatable bonds is 19. The van der Waals surface area contributed by atoms with E-state index in [4.69, 9.17) is 4.74 Å². The Morgan fingerprint density at radius 3 is 2.27 bits per heavy atom. The zero-order chi connectivity index (χ0) is 19.3. The molecule has 0 rings (SSSR count). The van der Waals surface area contributed by atoms with Crippen molar-refractivity contribution in [1.82, 2.24) is 0 Å². The molecule has 0 fully saturated rings. The molecule has 0 heterocycles. The quantitative estimate of drug-likeness (QED) is 0.156. The van der Waals surface area contributed by atoms with Crippen molar-refractivity contribution in [2.24, 2.45) is 0 Å². The minimum atomic E-state index is -0.162. The predicted octanol–water partition coefficient (Wildman–Crippen LogP) is 6.73. The van der Waals surface area contributed by atoms with E-state index in [1.165, 1.54) is 38.5 Å². The summed E-state index contributed by atoms with van der Waals surface area (Å²) in [7, 11) is 0. The van der Waals surface area contributed by atoms with Crippen molar-refractivity contribution in [3.8, 4) is 0 Å². The van der Waals surface area contributed by atoms with Gasteiger partial charge >= 0.3 is 5.97 Å². The molecule has 0 spiro atoms. The van der Waals surface area contributed by atoms with Crippen LogP contribution in [0, 0.1) is 0 Å². The molecule has 3 heteroatoms. The molecular formula is C23H44O3. The van der Waals surface area contributed by atoms with Crippen molar-refractivity contribution in [2.75, 3.05) is 6.61 Å². The lowest BCUT2D eigenvalue weighted by atomic mass is 10.1. The average Bonchev–Trinajstić information content (AvgIpc) is 2.64. The van der Waals surface area contributed by atoms with Crippen molar-refractivity contribution in [1.29, 1.82) is 0 Å². The molecule has 154 valence electrons. The second-order valence-electron chi connectivity index (χ2n) is 7.44. The first-order valence-electron chi connectivity index (χ1n) is 11.2. The van der Waals surface area contributed by atoms with Crippen LogP contribution in [0.5, 0.6) is 0 Å². The van der Waals surface area contributed by atoms with E-state index in [1.54, 1.807) is 0 Å². The number of carbonyl (C=O) groups is 1. The Kier molecular flexibility index (Phi) is 19.8. The third-order valence-electron chi connectivity index (χ3n) is 4.73. The highest BCUT2D eigenvalue weighted by molar-refractivity contribution is 5.69. The zero-order valence-electron chi connectivity index (χ0n) is 17.5. The van der Waals surface area contributed by atoms with Crippen LogP contribution in [0.1, 0.15) is 117 Å². The van der Waals surface area contributed by atoms with Crippen LogP contribution in [-0.2, 0) is 9.53 Å². The number of hydrogen-bond donors (Lipinski definition) is 1. The van der Waals surface area contributed by atoms with Gasteiger partial charge in [-0.3, -0.25) is 4.79 Å². The van der Waals surface area contributed by atoms with E-state index in [0.717, 1.165) is 57.8 Å². The first-order chi connectivity index (χ1) is 12.7. The number of carbonyl (C=O) groups excluding carboxylic acids is 1. The van der Waals surface area contributed by atoms with Gasteiger partial charge in [0.25, 0.3) is 0 Å². The Morgan fingerprint density at radius 1 is 0.846 bits per heavy atom. The summed E-state index contributed by atoms with van der Waals surface area (Å²) in [6.07, 6.45) is 21.5. The smallest absolute Gasteiger partial charge is 0.305 e. The molecule has 0 amide bonds. The Labute approximate surface area is 162 Å². The summed E-state index contributed by atoms with van der Waals surface area (Å²) in [6, 6.07) is 0. The molecule has 0 aromatic heterocycles. The molecule has 0 saturated carbocycles. The second kappa shape index (κ2) is 20.5. The van der Waals surface area contributed by atoms with Crippen molar-refractivity contribution in [3.63, 3.8) is 0 Å². The summed E-state index contributed by atoms with van der Waals surface area (Å²) in [4.78, 5) is 11.5. The van der Waals surface area contributed by atoms with Gasteiger partial charge in [-0.15, -0.1) is 0 Å². The molecule has 0 aliphatic heterocycles. The Balaban J connectivity index is 3.30. The van der Waals surface area contributed by atoms with E-state index in [0.29, 0.717) is 13.0 Å². The number of aliphatic hydroxyl groups excluding tert-OH is 1. The third kappa shape index (κ3) is 19.5. The second-order valence-corrected chi connectivity index (χ2v) is 7.44. The van der Waals surface area contributed by atoms with Gasteiger partial charge in [-0.1, -0.05) is 83.8 Å². The first-order valence-corrected chi connectivity index (χ1v) is 11.2. The fourth-order valence-electron chi connectivity index (χ4n) is 2.97. The molecule has 1 atom stereocenters. The Bertz CT molecular complexity index is 325. The SMILES string of the molecule is CCCCCC[C@@H](O)CC=CCCCCCCCC(=O)OCCCCC. The van der Waals surface area contributed by atoms with Gasteiger partial charge in [-0.2, -0.15) is 0 Å². The van der Waals surface area contributed by atoms with Crippen LogP contribution in [0.2, 0.25) is 0 Å². The lowest BCUT2D eigenvalue weighted by Crippen LogP contribution is -2.05. The molecule has 0 saturated heterocycles. The topological polar surface area (TPSA) is 46.5 Å². The highest BCUT2D eigenvalue weighted by Gasteiger charge is 2.02. The van der Waals surface area contributed by atoms with E-state index in [-0.39, 0.29) is 12.1 Å². The molecule has 3 nitrogen and oxygen atoms in total. The third-order valence-corrected chi connectivity index (χ3v) is 4.73. The largest absolute Gasteiger partial charge is 0.466 e. The van der Waals surface area contributed by atoms with Crippen LogP contribution in [-0.4, -0.2) is 23.8 Å². The summed E-state index contributed by atoms with van der Waals surface area (Å²) in [5.74, 6) is -0.0303. The highest BCUT2D eigenvalue weighted by atomic mass is 16.5. The van der Waals surface area contributed by atoms with Gasteiger partial charge in [0, 0.05) is 6.42 Å². The Hall–Kier alpha value is -0.830. The number of allylic oxidation sites excluding steroid dienone is 1. The normalized spacial score (nSPS) is 12.6. The number of unbranched alkanes of at least 4 members (excludes halogenated alkanes) is 10. The minimum absolute atomic E-state index is 0.0303. The van der Waals surface area contributed by atoms with Crippen molar-refractivity contribution in [2.45, 2.75) is 123 Å². The molecule has 0 aromatic rings. The van der Waals surface area contributed by atoms with E-state index in [1.807, 2.05) is 0 Å². The zero-order valence-corrected chi connectivity index (χ0v) is 17.5. The maximum absolute atomic E-state index is 11.5. The van der Waals surface area contributed by atoms with Crippen LogP contribution in [0.3, 0.4) is 0 Å². The fraction of sp³-hybridized carbons (Fsp3) is 0.870. The van der Waals surface area contributed by atoms with Gasteiger partial charge in [0.15, 0.2) is 0 Å². The molecule has 0 unspecified atom stereocenters. The lowest BCUT2D eigenvalue weighted by Gasteiger charge is -2.07. The van der Waals surface area contributed by atoms with E-state index < -0.39 is 0 Å². The van der Waals surface area contributed by atoms with Gasteiger partial charge in [-0.05, 0) is 38.5 Å². The summed E-state index contributed by atoms with van der Waals surface area (Å²) in [5.41, 5.74) is 0. The van der Waals surface area contributed by atoms with E-state index in [9.17, 15) is 9.90 Å². The summed E-state index contributed by atoms with van der Waals surface area (Å²) >= 11 is 0. The summed E-state index contributed by atoms with van der Waals surface area (Å²) in [6.45, 7) is 4.95. The number of ether oxygens (including phenoxy) is 1. The van der Waals surface area contributed by atoms with Crippen LogP contribution in [0.4, 0.5) is 0 Å². The molecule has 0 aromatic carbocycles. The molecular weight excluding hydrogens is 324 g/mol. The van der Waals surface area contributed by atoms with Gasteiger partial charge in [-0.25, -0.2) is 0 Å². The maximum atomic E-state index is 11.5. The van der Waals surface area contributed by atoms with Gasteiger partial charge in [0.05, 0.1) is 12.7 Å². The van der Waals surface area contributed by atoms with Crippen molar-refractivity contribution >= 4 is 5.97 Å². The Morgan fingerprint density at radius 2 is 1.50 bits per heavy atom. The van der Waals surface area contributed by atoms with Gasteiger partial charge in [0.2, 0.25) is 0 Å². The first kappa shape index (κ1) is 25.2. The minimum Gasteiger partial charge on any atom is -0.466 e. The summed E-state index contributed by atoms with van der Waals surface area (Å²) in [5, 5.41) is 9.88. The molecule has 0 aliphatic rings. The fourth-order valence-corrected chi connectivity index (χ4v) is 2.97. The number of esters is 1. The average molecular weight is 369 g/mol.